The summed E-state index contributed by atoms with van der Waals surface area (Å²) in [5.41, 5.74) is 2.53. The second kappa shape index (κ2) is 8.59. The SMILES string of the molecule is CC(C)(C)c1sc(C(C)(C)C)c2c1OCC(Cc1ccccc1)(Cc1ccccc1)CO2. The van der Waals surface area contributed by atoms with Crippen LogP contribution in [0.15, 0.2) is 60.7 Å². The molecule has 2 aromatic carbocycles. The van der Waals surface area contributed by atoms with Crippen LogP contribution in [0.25, 0.3) is 0 Å². The molecule has 0 saturated carbocycles. The van der Waals surface area contributed by atoms with Crippen molar-refractivity contribution >= 4 is 11.3 Å². The number of hydrogen-bond donors (Lipinski definition) is 0. The highest BCUT2D eigenvalue weighted by Crippen LogP contribution is 2.53. The van der Waals surface area contributed by atoms with E-state index in [1.165, 1.54) is 20.9 Å². The van der Waals surface area contributed by atoms with E-state index in [1.54, 1.807) is 0 Å². The summed E-state index contributed by atoms with van der Waals surface area (Å²) < 4.78 is 13.5. The molecule has 170 valence electrons. The number of ether oxygens (including phenoxy) is 2. The molecular formula is C29H36O2S. The highest BCUT2D eigenvalue weighted by molar-refractivity contribution is 7.13. The minimum Gasteiger partial charge on any atom is -0.488 e. The Bertz CT molecular complexity index is 953. The van der Waals surface area contributed by atoms with Crippen molar-refractivity contribution in [2.24, 2.45) is 5.41 Å². The standard InChI is InChI=1S/C29H36O2S/c1-27(2,3)25-23-24(26(32-25)28(4,5)6)31-20-29(19-30-23,17-21-13-9-7-10-14-21)18-22-15-11-8-12-16-22/h7-16H,17-20H2,1-6H3. The van der Waals surface area contributed by atoms with Gasteiger partial charge in [0, 0.05) is 16.2 Å². The molecule has 4 rings (SSSR count). The molecule has 2 nitrogen and oxygen atoms in total. The first kappa shape index (κ1) is 22.9. The average Bonchev–Trinajstić information content (AvgIpc) is 3.04. The van der Waals surface area contributed by atoms with E-state index in [2.05, 4.69) is 102 Å². The molecule has 2 heterocycles. The highest BCUT2D eigenvalue weighted by atomic mass is 32.1. The second-order valence-corrected chi connectivity index (χ2v) is 12.3. The summed E-state index contributed by atoms with van der Waals surface area (Å²) in [6, 6.07) is 21.5. The Kier molecular flexibility index (Phi) is 6.15. The third kappa shape index (κ3) is 4.88. The van der Waals surface area contributed by atoms with E-state index in [1.807, 2.05) is 11.3 Å². The zero-order chi connectivity index (χ0) is 23.0. The number of fused-ring (bicyclic) bond motifs is 1. The van der Waals surface area contributed by atoms with Crippen LogP contribution in [0.1, 0.15) is 62.4 Å². The van der Waals surface area contributed by atoms with Gasteiger partial charge >= 0.3 is 0 Å². The topological polar surface area (TPSA) is 18.5 Å². The summed E-state index contributed by atoms with van der Waals surface area (Å²) in [4.78, 5) is 2.57. The van der Waals surface area contributed by atoms with Crippen molar-refractivity contribution in [3.63, 3.8) is 0 Å². The number of hydrogen-bond acceptors (Lipinski definition) is 3. The van der Waals surface area contributed by atoms with Crippen molar-refractivity contribution in [1.82, 2.24) is 0 Å². The van der Waals surface area contributed by atoms with E-state index >= 15 is 0 Å². The molecule has 0 spiro atoms. The minimum atomic E-state index is -0.135. The number of thiophene rings is 1. The fourth-order valence-electron chi connectivity index (χ4n) is 4.47. The molecule has 0 aliphatic carbocycles. The highest BCUT2D eigenvalue weighted by Gasteiger charge is 2.41. The Morgan fingerprint density at radius 1 is 0.656 bits per heavy atom. The van der Waals surface area contributed by atoms with E-state index in [-0.39, 0.29) is 16.2 Å². The largest absolute Gasteiger partial charge is 0.488 e. The van der Waals surface area contributed by atoms with E-state index in [4.69, 9.17) is 9.47 Å². The van der Waals surface area contributed by atoms with E-state index in [0.717, 1.165) is 24.3 Å². The average molecular weight is 449 g/mol. The molecule has 0 amide bonds. The predicted octanol–water partition coefficient (Wildman–Crippen LogP) is 7.59. The van der Waals surface area contributed by atoms with Gasteiger partial charge in [0.15, 0.2) is 11.5 Å². The lowest BCUT2D eigenvalue weighted by Crippen LogP contribution is -2.38. The van der Waals surface area contributed by atoms with Crippen LogP contribution in [0.5, 0.6) is 11.5 Å². The van der Waals surface area contributed by atoms with Gasteiger partial charge in [-0.3, -0.25) is 0 Å². The molecule has 3 aromatic rings. The monoisotopic (exact) mass is 448 g/mol. The Morgan fingerprint density at radius 2 is 1.03 bits per heavy atom. The first-order valence-electron chi connectivity index (χ1n) is 11.6. The number of benzene rings is 2. The Hall–Kier alpha value is -2.26. The van der Waals surface area contributed by atoms with Gasteiger partial charge < -0.3 is 9.47 Å². The molecule has 1 aliphatic rings. The van der Waals surface area contributed by atoms with Gasteiger partial charge in [0.2, 0.25) is 0 Å². The van der Waals surface area contributed by atoms with Gasteiger partial charge in [-0.2, -0.15) is 0 Å². The Morgan fingerprint density at radius 3 is 1.38 bits per heavy atom. The van der Waals surface area contributed by atoms with Gasteiger partial charge in [-0.1, -0.05) is 102 Å². The molecule has 3 heteroatoms. The van der Waals surface area contributed by atoms with Crippen molar-refractivity contribution in [3.8, 4) is 11.5 Å². The van der Waals surface area contributed by atoms with Crippen LogP contribution in [0.4, 0.5) is 0 Å². The fourth-order valence-corrected chi connectivity index (χ4v) is 5.77. The van der Waals surface area contributed by atoms with Crippen LogP contribution in [-0.4, -0.2) is 13.2 Å². The van der Waals surface area contributed by atoms with Crippen LogP contribution in [0.3, 0.4) is 0 Å². The Balaban J connectivity index is 1.74. The molecule has 0 unspecified atom stereocenters. The summed E-state index contributed by atoms with van der Waals surface area (Å²) in [5, 5.41) is 0. The fraction of sp³-hybridized carbons (Fsp3) is 0.448. The third-order valence-electron chi connectivity index (χ3n) is 6.07. The molecular weight excluding hydrogens is 412 g/mol. The molecule has 0 N–H and O–H groups in total. The van der Waals surface area contributed by atoms with Crippen LogP contribution in [0, 0.1) is 5.41 Å². The predicted molar refractivity (Wildman–Crippen MR) is 135 cm³/mol. The van der Waals surface area contributed by atoms with Crippen LogP contribution < -0.4 is 9.47 Å². The molecule has 0 fully saturated rings. The smallest absolute Gasteiger partial charge is 0.175 e. The van der Waals surface area contributed by atoms with Gasteiger partial charge in [-0.15, -0.1) is 11.3 Å². The maximum atomic E-state index is 6.73. The molecule has 0 radical (unpaired) electrons. The second-order valence-electron chi connectivity index (χ2n) is 11.3. The van der Waals surface area contributed by atoms with Crippen molar-refractivity contribution in [2.75, 3.05) is 13.2 Å². The van der Waals surface area contributed by atoms with Gasteiger partial charge in [0.05, 0.1) is 23.0 Å². The zero-order valence-corrected chi connectivity index (χ0v) is 21.1. The lowest BCUT2D eigenvalue weighted by Gasteiger charge is -2.32. The lowest BCUT2D eigenvalue weighted by atomic mass is 9.77. The van der Waals surface area contributed by atoms with Gasteiger partial charge in [0.25, 0.3) is 0 Å². The van der Waals surface area contributed by atoms with E-state index in [9.17, 15) is 0 Å². The molecule has 0 saturated heterocycles. The summed E-state index contributed by atoms with van der Waals surface area (Å²) in [5.74, 6) is 1.94. The summed E-state index contributed by atoms with van der Waals surface area (Å²) in [7, 11) is 0. The van der Waals surface area contributed by atoms with Crippen LogP contribution in [-0.2, 0) is 23.7 Å². The normalized spacial score (nSPS) is 15.9. The van der Waals surface area contributed by atoms with Gasteiger partial charge in [0.1, 0.15) is 0 Å². The van der Waals surface area contributed by atoms with Crippen molar-refractivity contribution in [1.29, 1.82) is 0 Å². The maximum Gasteiger partial charge on any atom is 0.175 e. The summed E-state index contributed by atoms with van der Waals surface area (Å²) >= 11 is 1.86. The number of rotatable bonds is 4. The van der Waals surface area contributed by atoms with Gasteiger partial charge in [-0.25, -0.2) is 0 Å². The maximum absolute atomic E-state index is 6.73. The van der Waals surface area contributed by atoms with Crippen molar-refractivity contribution < 1.29 is 9.47 Å². The third-order valence-corrected chi connectivity index (χ3v) is 8.08. The molecule has 0 bridgehead atoms. The van der Waals surface area contributed by atoms with Crippen LogP contribution >= 0.6 is 11.3 Å². The van der Waals surface area contributed by atoms with Crippen LogP contribution in [0.2, 0.25) is 0 Å². The first-order valence-corrected chi connectivity index (χ1v) is 12.4. The zero-order valence-electron chi connectivity index (χ0n) is 20.3. The van der Waals surface area contributed by atoms with Gasteiger partial charge in [-0.05, 0) is 24.0 Å². The molecule has 32 heavy (non-hydrogen) atoms. The summed E-state index contributed by atoms with van der Waals surface area (Å²) in [6.07, 6.45) is 1.85. The summed E-state index contributed by atoms with van der Waals surface area (Å²) in [6.45, 7) is 14.9. The Labute approximate surface area is 197 Å². The van der Waals surface area contributed by atoms with E-state index in [0.29, 0.717) is 13.2 Å². The quantitative estimate of drug-likeness (QED) is 0.409. The lowest BCUT2D eigenvalue weighted by molar-refractivity contribution is 0.102. The van der Waals surface area contributed by atoms with Crippen molar-refractivity contribution in [3.05, 3.63) is 81.5 Å². The molecule has 1 aliphatic heterocycles. The first-order chi connectivity index (χ1) is 15.1. The molecule has 0 atom stereocenters. The minimum absolute atomic E-state index is 0.00741. The van der Waals surface area contributed by atoms with E-state index < -0.39 is 0 Å². The van der Waals surface area contributed by atoms with Crippen molar-refractivity contribution in [2.45, 2.75) is 65.2 Å². The molecule has 1 aromatic heterocycles.